The average Bonchev–Trinajstić information content (AvgIpc) is 2.54. The third-order valence-corrected chi connectivity index (χ3v) is 7.71. The van der Waals surface area contributed by atoms with Crippen LogP contribution in [0.25, 0.3) is 0 Å². The molecule has 3 rings (SSSR count). The molecule has 0 aromatic heterocycles. The Labute approximate surface area is 152 Å². The molecule has 0 saturated heterocycles. The molecule has 25 heavy (non-hydrogen) atoms. The minimum absolute atomic E-state index is 0.00609. The Balaban J connectivity index is 1.92. The van der Waals surface area contributed by atoms with Gasteiger partial charge in [-0.05, 0) is 75.0 Å². The van der Waals surface area contributed by atoms with Crippen molar-refractivity contribution < 1.29 is 14.3 Å². The molecule has 3 heteroatoms. The van der Waals surface area contributed by atoms with Crippen LogP contribution in [-0.4, -0.2) is 18.9 Å². The lowest BCUT2D eigenvalue weighted by atomic mass is 9.46. The van der Waals surface area contributed by atoms with Gasteiger partial charge >= 0.3 is 5.97 Å². The van der Waals surface area contributed by atoms with E-state index in [2.05, 4.69) is 26.8 Å². The third kappa shape index (κ3) is 2.98. The maximum absolute atomic E-state index is 12.8. The number of carbonyl (C=O) groups excluding carboxylic acids is 2. The Morgan fingerprint density at radius 2 is 2.04 bits per heavy atom. The van der Waals surface area contributed by atoms with Gasteiger partial charge in [0.25, 0.3) is 0 Å². The van der Waals surface area contributed by atoms with Crippen molar-refractivity contribution in [3.8, 4) is 0 Å². The standard InChI is InChI=1S/C22H34O3/c1-5-25-19(24)22(4)11-6-10-21(3)17-9-12-20(2,13-14-23)15-16(17)7-8-18(21)22/h9,14,16,18H,5-8,10-13,15H2,1-4H3. The maximum atomic E-state index is 12.8. The predicted molar refractivity (Wildman–Crippen MR) is 99.0 cm³/mol. The summed E-state index contributed by atoms with van der Waals surface area (Å²) in [4.78, 5) is 23.9. The highest BCUT2D eigenvalue weighted by Crippen LogP contribution is 2.64. The SMILES string of the molecule is CCOC(=O)C1(C)CCCC2(C)C3=CCC(C)(CC=O)CC3CCC12. The van der Waals surface area contributed by atoms with E-state index in [9.17, 15) is 9.59 Å². The largest absolute Gasteiger partial charge is 0.466 e. The minimum atomic E-state index is -0.349. The molecular weight excluding hydrogens is 312 g/mol. The van der Waals surface area contributed by atoms with Gasteiger partial charge in [0, 0.05) is 6.42 Å². The highest BCUT2D eigenvalue weighted by molar-refractivity contribution is 5.77. The molecule has 5 unspecified atom stereocenters. The van der Waals surface area contributed by atoms with E-state index in [1.165, 1.54) is 6.42 Å². The summed E-state index contributed by atoms with van der Waals surface area (Å²) in [6.07, 6.45) is 11.8. The number of ether oxygens (including phenoxy) is 1. The first-order valence-corrected chi connectivity index (χ1v) is 10.1. The van der Waals surface area contributed by atoms with Crippen LogP contribution in [0.4, 0.5) is 0 Å². The van der Waals surface area contributed by atoms with Crippen LogP contribution in [0.2, 0.25) is 0 Å². The van der Waals surface area contributed by atoms with Gasteiger partial charge in [-0.1, -0.05) is 31.9 Å². The zero-order valence-electron chi connectivity index (χ0n) is 16.4. The Morgan fingerprint density at radius 3 is 2.72 bits per heavy atom. The van der Waals surface area contributed by atoms with Crippen LogP contribution >= 0.6 is 0 Å². The van der Waals surface area contributed by atoms with Gasteiger partial charge in [0.2, 0.25) is 0 Å². The lowest BCUT2D eigenvalue weighted by Gasteiger charge is -2.58. The summed E-state index contributed by atoms with van der Waals surface area (Å²) in [5, 5.41) is 0. The van der Waals surface area contributed by atoms with E-state index < -0.39 is 0 Å². The third-order valence-electron chi connectivity index (χ3n) is 7.71. The second-order valence-electron chi connectivity index (χ2n) is 9.48. The van der Waals surface area contributed by atoms with Crippen LogP contribution in [0.15, 0.2) is 11.6 Å². The van der Waals surface area contributed by atoms with E-state index in [1.807, 2.05) is 6.92 Å². The van der Waals surface area contributed by atoms with Gasteiger partial charge in [-0.3, -0.25) is 4.79 Å². The van der Waals surface area contributed by atoms with Crippen molar-refractivity contribution in [2.75, 3.05) is 6.61 Å². The van der Waals surface area contributed by atoms with Crippen molar-refractivity contribution in [2.45, 2.75) is 79.1 Å². The normalized spacial score (nSPS) is 43.4. The maximum Gasteiger partial charge on any atom is 0.312 e. The van der Waals surface area contributed by atoms with Crippen molar-refractivity contribution in [3.63, 3.8) is 0 Å². The van der Waals surface area contributed by atoms with Crippen LogP contribution in [0, 0.1) is 28.1 Å². The summed E-state index contributed by atoms with van der Waals surface area (Å²) < 4.78 is 5.48. The number of hydrogen-bond acceptors (Lipinski definition) is 3. The Bertz CT molecular complexity index is 580. The molecule has 5 atom stereocenters. The molecule has 0 aromatic rings. The molecule has 0 heterocycles. The second-order valence-corrected chi connectivity index (χ2v) is 9.48. The molecule has 0 spiro atoms. The summed E-state index contributed by atoms with van der Waals surface area (Å²) in [6, 6.07) is 0. The molecule has 2 fully saturated rings. The molecule has 0 N–H and O–H groups in total. The molecule has 0 bridgehead atoms. The van der Waals surface area contributed by atoms with Gasteiger partial charge < -0.3 is 9.53 Å². The molecule has 140 valence electrons. The fraction of sp³-hybridized carbons (Fsp3) is 0.818. The van der Waals surface area contributed by atoms with E-state index in [0.717, 1.165) is 44.8 Å². The zero-order valence-corrected chi connectivity index (χ0v) is 16.4. The monoisotopic (exact) mass is 346 g/mol. The lowest BCUT2D eigenvalue weighted by Crippen LogP contribution is -2.53. The molecule has 2 saturated carbocycles. The zero-order chi connectivity index (χ0) is 18.3. The number of carbonyl (C=O) groups is 2. The van der Waals surface area contributed by atoms with Gasteiger partial charge in [0.15, 0.2) is 0 Å². The average molecular weight is 347 g/mol. The van der Waals surface area contributed by atoms with Crippen molar-refractivity contribution in [1.82, 2.24) is 0 Å². The summed E-state index contributed by atoms with van der Waals surface area (Å²) in [7, 11) is 0. The minimum Gasteiger partial charge on any atom is -0.466 e. The Hall–Kier alpha value is -1.12. The van der Waals surface area contributed by atoms with E-state index in [4.69, 9.17) is 4.74 Å². The first-order valence-electron chi connectivity index (χ1n) is 10.1. The number of allylic oxidation sites excluding steroid dienone is 2. The smallest absolute Gasteiger partial charge is 0.312 e. The van der Waals surface area contributed by atoms with Crippen LogP contribution < -0.4 is 0 Å². The number of rotatable bonds is 4. The van der Waals surface area contributed by atoms with Gasteiger partial charge in [-0.25, -0.2) is 0 Å². The topological polar surface area (TPSA) is 43.4 Å². The molecule has 0 aromatic carbocycles. The quantitative estimate of drug-likeness (QED) is 0.405. The van der Waals surface area contributed by atoms with Crippen LogP contribution in [0.1, 0.15) is 79.1 Å². The fourth-order valence-electron chi connectivity index (χ4n) is 6.40. The molecule has 0 radical (unpaired) electrons. The summed E-state index contributed by atoms with van der Waals surface area (Å²) in [5.41, 5.74) is 1.48. The summed E-state index contributed by atoms with van der Waals surface area (Å²) in [6.45, 7) is 9.17. The van der Waals surface area contributed by atoms with Crippen LogP contribution in [0.3, 0.4) is 0 Å². The first kappa shape index (κ1) is 18.7. The van der Waals surface area contributed by atoms with Crippen LogP contribution in [0.5, 0.6) is 0 Å². The van der Waals surface area contributed by atoms with Gasteiger partial charge in [-0.2, -0.15) is 0 Å². The molecule has 3 aliphatic rings. The van der Waals surface area contributed by atoms with Crippen LogP contribution in [-0.2, 0) is 14.3 Å². The van der Waals surface area contributed by atoms with Gasteiger partial charge in [-0.15, -0.1) is 0 Å². The molecule has 3 aliphatic carbocycles. The highest BCUT2D eigenvalue weighted by Gasteiger charge is 2.58. The number of hydrogen-bond donors (Lipinski definition) is 0. The van der Waals surface area contributed by atoms with Crippen molar-refractivity contribution >= 4 is 12.3 Å². The Morgan fingerprint density at radius 1 is 1.28 bits per heavy atom. The highest BCUT2D eigenvalue weighted by atomic mass is 16.5. The molecule has 0 amide bonds. The Kier molecular flexibility index (Phi) is 4.89. The number of fused-ring (bicyclic) bond motifs is 3. The number of esters is 1. The van der Waals surface area contributed by atoms with E-state index in [-0.39, 0.29) is 22.2 Å². The van der Waals surface area contributed by atoms with Crippen molar-refractivity contribution in [3.05, 3.63) is 11.6 Å². The fourth-order valence-corrected chi connectivity index (χ4v) is 6.40. The summed E-state index contributed by atoms with van der Waals surface area (Å²) >= 11 is 0. The first-order chi connectivity index (χ1) is 11.8. The second kappa shape index (κ2) is 6.55. The number of aldehydes is 1. The molecular formula is C22H34O3. The van der Waals surface area contributed by atoms with E-state index in [1.54, 1.807) is 5.57 Å². The molecule has 0 aliphatic heterocycles. The lowest BCUT2D eigenvalue weighted by molar-refractivity contribution is -0.167. The summed E-state index contributed by atoms with van der Waals surface area (Å²) in [5.74, 6) is 0.974. The van der Waals surface area contributed by atoms with Crippen molar-refractivity contribution in [2.24, 2.45) is 28.1 Å². The van der Waals surface area contributed by atoms with E-state index >= 15 is 0 Å². The van der Waals surface area contributed by atoms with E-state index in [0.29, 0.717) is 24.9 Å². The van der Waals surface area contributed by atoms with Gasteiger partial charge in [0.1, 0.15) is 6.29 Å². The molecule has 3 nitrogen and oxygen atoms in total. The predicted octanol–water partition coefficient (Wildman–Crippen LogP) is 5.09. The van der Waals surface area contributed by atoms with Gasteiger partial charge in [0.05, 0.1) is 12.0 Å². The van der Waals surface area contributed by atoms with Crippen molar-refractivity contribution in [1.29, 1.82) is 0 Å².